The Morgan fingerprint density at radius 3 is 2.76 bits per heavy atom. The van der Waals surface area contributed by atoms with Gasteiger partial charge in [0, 0.05) is 23.4 Å². The third-order valence-corrected chi connectivity index (χ3v) is 3.22. The van der Waals surface area contributed by atoms with E-state index in [9.17, 15) is 9.59 Å². The molecule has 0 aliphatic heterocycles. The first-order valence-electron chi connectivity index (χ1n) is 6.58. The number of carbonyl (C=O) groups excluding carboxylic acids is 1. The van der Waals surface area contributed by atoms with Crippen molar-refractivity contribution in [3.63, 3.8) is 0 Å². The van der Waals surface area contributed by atoms with Crippen LogP contribution in [-0.4, -0.2) is 27.3 Å². The van der Waals surface area contributed by atoms with Crippen molar-refractivity contribution in [1.82, 2.24) is 10.2 Å². The Balaban J connectivity index is 1.62. The lowest BCUT2D eigenvalue weighted by atomic mass is 10.2. The number of benzene rings is 1. The highest BCUT2D eigenvalue weighted by atomic mass is 16.4. The van der Waals surface area contributed by atoms with Crippen molar-refractivity contribution < 1.29 is 14.7 Å². The Hall–Kier alpha value is -2.83. The van der Waals surface area contributed by atoms with Crippen LogP contribution in [0.25, 0.3) is 0 Å². The summed E-state index contributed by atoms with van der Waals surface area (Å²) in [7, 11) is 0. The van der Waals surface area contributed by atoms with Gasteiger partial charge in [0.1, 0.15) is 0 Å². The van der Waals surface area contributed by atoms with E-state index in [2.05, 4.69) is 20.8 Å². The smallest absolute Gasteiger partial charge is 0.335 e. The molecule has 7 nitrogen and oxygen atoms in total. The normalized spacial score (nSPS) is 13.7. The summed E-state index contributed by atoms with van der Waals surface area (Å²) in [4.78, 5) is 22.7. The molecule has 2 aromatic rings. The largest absolute Gasteiger partial charge is 0.478 e. The number of urea groups is 1. The molecule has 4 N–H and O–H groups in total. The monoisotopic (exact) mass is 286 g/mol. The van der Waals surface area contributed by atoms with Crippen molar-refractivity contribution in [3.05, 3.63) is 41.6 Å². The molecule has 1 aliphatic rings. The number of carbonyl (C=O) groups is 2. The maximum atomic E-state index is 11.8. The van der Waals surface area contributed by atoms with Crippen LogP contribution in [0.5, 0.6) is 0 Å². The van der Waals surface area contributed by atoms with Crippen molar-refractivity contribution in [3.8, 4) is 0 Å². The lowest BCUT2D eigenvalue weighted by Gasteiger charge is -2.06. The molecule has 1 aliphatic carbocycles. The first-order valence-corrected chi connectivity index (χ1v) is 6.58. The second kappa shape index (κ2) is 5.28. The molecule has 0 atom stereocenters. The number of rotatable bonds is 4. The van der Waals surface area contributed by atoms with Crippen LogP contribution in [0.1, 0.15) is 34.8 Å². The SMILES string of the molecule is O=C(Nc1cccc(C(=O)O)c1)Nc1cc(C2CC2)[nH]n1. The van der Waals surface area contributed by atoms with Gasteiger partial charge in [-0.05, 0) is 31.0 Å². The number of carboxylic acids is 1. The van der Waals surface area contributed by atoms with Crippen LogP contribution in [0.2, 0.25) is 0 Å². The molecule has 3 rings (SSSR count). The predicted octanol–water partition coefficient (Wildman–Crippen LogP) is 2.63. The molecule has 0 radical (unpaired) electrons. The van der Waals surface area contributed by atoms with Crippen LogP contribution in [0, 0.1) is 0 Å². The van der Waals surface area contributed by atoms with Crippen LogP contribution in [-0.2, 0) is 0 Å². The molecule has 1 aromatic heterocycles. The van der Waals surface area contributed by atoms with Crippen molar-refractivity contribution >= 4 is 23.5 Å². The summed E-state index contributed by atoms with van der Waals surface area (Å²) in [6.45, 7) is 0. The Kier molecular flexibility index (Phi) is 3.31. The fraction of sp³-hybridized carbons (Fsp3) is 0.214. The highest BCUT2D eigenvalue weighted by Gasteiger charge is 2.25. The van der Waals surface area contributed by atoms with E-state index in [1.54, 1.807) is 12.1 Å². The Bertz CT molecular complexity index is 691. The molecule has 21 heavy (non-hydrogen) atoms. The van der Waals surface area contributed by atoms with E-state index < -0.39 is 12.0 Å². The summed E-state index contributed by atoms with van der Waals surface area (Å²) in [5.74, 6) is -0.0624. The highest BCUT2D eigenvalue weighted by Crippen LogP contribution is 2.39. The number of nitrogens with zero attached hydrogens (tertiary/aromatic N) is 1. The average Bonchev–Trinajstić information content (AvgIpc) is 3.20. The van der Waals surface area contributed by atoms with Gasteiger partial charge < -0.3 is 10.4 Å². The predicted molar refractivity (Wildman–Crippen MR) is 76.6 cm³/mol. The van der Waals surface area contributed by atoms with E-state index in [4.69, 9.17) is 5.11 Å². The van der Waals surface area contributed by atoms with E-state index in [1.165, 1.54) is 12.1 Å². The van der Waals surface area contributed by atoms with Gasteiger partial charge in [0.25, 0.3) is 0 Å². The molecular formula is C14H14N4O3. The maximum Gasteiger partial charge on any atom is 0.335 e. The third-order valence-electron chi connectivity index (χ3n) is 3.22. The van der Waals surface area contributed by atoms with Crippen molar-refractivity contribution in [2.45, 2.75) is 18.8 Å². The summed E-state index contributed by atoms with van der Waals surface area (Å²) < 4.78 is 0. The number of nitrogens with one attached hydrogen (secondary N) is 3. The summed E-state index contributed by atoms with van der Waals surface area (Å²) in [6.07, 6.45) is 2.30. The minimum atomic E-state index is -1.04. The van der Waals surface area contributed by atoms with Gasteiger partial charge in [0.15, 0.2) is 5.82 Å². The second-order valence-electron chi connectivity index (χ2n) is 4.95. The molecule has 0 bridgehead atoms. The molecule has 1 saturated carbocycles. The van der Waals surface area contributed by atoms with E-state index in [-0.39, 0.29) is 5.56 Å². The zero-order chi connectivity index (χ0) is 14.8. The number of H-pyrrole nitrogens is 1. The van der Waals surface area contributed by atoms with Gasteiger partial charge in [0.2, 0.25) is 0 Å². The molecule has 2 amide bonds. The van der Waals surface area contributed by atoms with Gasteiger partial charge in [-0.1, -0.05) is 6.07 Å². The molecule has 0 saturated heterocycles. The zero-order valence-electron chi connectivity index (χ0n) is 11.1. The molecule has 1 fully saturated rings. The Morgan fingerprint density at radius 2 is 2.05 bits per heavy atom. The van der Waals surface area contributed by atoms with Crippen LogP contribution in [0.15, 0.2) is 30.3 Å². The van der Waals surface area contributed by atoms with Crippen molar-refractivity contribution in [2.24, 2.45) is 0 Å². The van der Waals surface area contributed by atoms with Crippen molar-refractivity contribution in [2.75, 3.05) is 10.6 Å². The number of hydrogen-bond acceptors (Lipinski definition) is 3. The fourth-order valence-corrected chi connectivity index (χ4v) is 2.01. The quantitative estimate of drug-likeness (QED) is 0.693. The second-order valence-corrected chi connectivity index (χ2v) is 4.95. The van der Waals surface area contributed by atoms with Gasteiger partial charge in [-0.15, -0.1) is 0 Å². The highest BCUT2D eigenvalue weighted by molar-refractivity contribution is 6.00. The van der Waals surface area contributed by atoms with Gasteiger partial charge in [0.05, 0.1) is 5.56 Å². The first-order chi connectivity index (χ1) is 10.1. The lowest BCUT2D eigenvalue weighted by Crippen LogP contribution is -2.19. The number of aromatic nitrogens is 2. The molecular weight excluding hydrogens is 272 g/mol. The van der Waals surface area contributed by atoms with Crippen LogP contribution >= 0.6 is 0 Å². The van der Waals surface area contributed by atoms with E-state index in [0.717, 1.165) is 18.5 Å². The van der Waals surface area contributed by atoms with E-state index >= 15 is 0 Å². The Labute approximate surface area is 120 Å². The van der Waals surface area contributed by atoms with Crippen molar-refractivity contribution in [1.29, 1.82) is 0 Å². The van der Waals surface area contributed by atoms with E-state index in [0.29, 0.717) is 17.4 Å². The molecule has 1 aromatic carbocycles. The fourth-order valence-electron chi connectivity index (χ4n) is 2.01. The minimum Gasteiger partial charge on any atom is -0.478 e. The number of aromatic amines is 1. The molecule has 7 heteroatoms. The molecule has 0 unspecified atom stereocenters. The van der Waals surface area contributed by atoms with Crippen LogP contribution in [0.4, 0.5) is 16.3 Å². The number of anilines is 2. The summed E-state index contributed by atoms with van der Waals surface area (Å²) in [5, 5.41) is 21.0. The third kappa shape index (κ3) is 3.19. The van der Waals surface area contributed by atoms with E-state index in [1.807, 2.05) is 6.07 Å². The standard InChI is InChI=1S/C14H14N4O3/c19-13(20)9-2-1-3-10(6-9)15-14(21)16-12-7-11(17-18-12)8-4-5-8/h1-3,6-8H,4-5H2,(H,19,20)(H3,15,16,17,18,21). The number of aromatic carboxylic acids is 1. The first kappa shape index (κ1) is 13.2. The van der Waals surface area contributed by atoms with Gasteiger partial charge in [-0.2, -0.15) is 5.10 Å². The van der Waals surface area contributed by atoms with Gasteiger partial charge in [-0.25, -0.2) is 9.59 Å². The average molecular weight is 286 g/mol. The summed E-state index contributed by atoms with van der Waals surface area (Å²) in [6, 6.07) is 7.38. The Morgan fingerprint density at radius 1 is 1.24 bits per heavy atom. The summed E-state index contributed by atoms with van der Waals surface area (Å²) in [5.41, 5.74) is 1.55. The van der Waals surface area contributed by atoms with Crippen LogP contribution < -0.4 is 10.6 Å². The minimum absolute atomic E-state index is 0.114. The van der Waals surface area contributed by atoms with Gasteiger partial charge in [-0.3, -0.25) is 10.4 Å². The zero-order valence-corrected chi connectivity index (χ0v) is 11.1. The number of hydrogen-bond donors (Lipinski definition) is 4. The number of amides is 2. The summed E-state index contributed by atoms with van der Waals surface area (Å²) >= 11 is 0. The lowest BCUT2D eigenvalue weighted by molar-refractivity contribution is 0.0697. The molecule has 108 valence electrons. The molecule has 1 heterocycles. The van der Waals surface area contributed by atoms with Crippen LogP contribution in [0.3, 0.4) is 0 Å². The topological polar surface area (TPSA) is 107 Å². The molecule has 0 spiro atoms. The maximum absolute atomic E-state index is 11.8. The van der Waals surface area contributed by atoms with Gasteiger partial charge >= 0.3 is 12.0 Å². The number of carboxylic acid groups (broad SMARTS) is 1.